The molecule has 0 radical (unpaired) electrons. The minimum absolute atomic E-state index is 0.00451. The first kappa shape index (κ1) is 42.6. The summed E-state index contributed by atoms with van der Waals surface area (Å²) in [5, 5.41) is 16.0. The lowest BCUT2D eigenvalue weighted by Gasteiger charge is -2.64. The SMILES string of the molecule is COc1ccc(C(NC(=O)N2C[C@H]3CCCN3C(=O)C2=O)C(=O)NC(Cc2c(C(C)(C)C)ccc(C(=O)O)c2OC)B2O[C@@H]3C[C@@H]4C[C@@H](C4(C)C)[C@]3(C)O2)c(Cl)c1OC. The zero-order valence-electron chi connectivity index (χ0n) is 35.1. The summed E-state index contributed by atoms with van der Waals surface area (Å²) in [5.74, 6) is -3.56. The van der Waals surface area contributed by atoms with Crippen LogP contribution in [-0.4, -0.2) is 110 Å². The molecule has 59 heavy (non-hydrogen) atoms. The Morgan fingerprint density at radius 3 is 2.34 bits per heavy atom. The lowest BCUT2D eigenvalue weighted by molar-refractivity contribution is -0.199. The number of methoxy groups -OCH3 is 3. The number of ether oxygens (including phenoxy) is 3. The van der Waals surface area contributed by atoms with E-state index in [2.05, 4.69) is 31.4 Å². The van der Waals surface area contributed by atoms with Gasteiger partial charge < -0.3 is 44.2 Å². The molecule has 8 rings (SSSR count). The number of urea groups is 1. The molecule has 15 nitrogen and oxygen atoms in total. The number of carbonyl (C=O) groups is 5. The Balaban J connectivity index is 1.30. The van der Waals surface area contributed by atoms with Gasteiger partial charge in [0.1, 0.15) is 17.4 Å². The minimum Gasteiger partial charge on any atom is -0.496 e. The quantitative estimate of drug-likeness (QED) is 0.206. The Labute approximate surface area is 349 Å². The van der Waals surface area contributed by atoms with E-state index in [-0.39, 0.29) is 69.8 Å². The number of nitrogens with one attached hydrogen (secondary N) is 2. The van der Waals surface area contributed by atoms with Crippen molar-refractivity contribution < 1.29 is 52.6 Å². The van der Waals surface area contributed by atoms with E-state index in [1.807, 2.05) is 20.8 Å². The molecule has 5 amide bonds. The number of amides is 5. The van der Waals surface area contributed by atoms with Gasteiger partial charge in [0.05, 0.1) is 56.6 Å². The van der Waals surface area contributed by atoms with E-state index in [0.29, 0.717) is 30.9 Å². The largest absolute Gasteiger partial charge is 0.496 e. The lowest BCUT2D eigenvalue weighted by atomic mass is 9.43. The molecule has 318 valence electrons. The van der Waals surface area contributed by atoms with Gasteiger partial charge >= 0.3 is 30.9 Å². The van der Waals surface area contributed by atoms with Crippen LogP contribution in [0.4, 0.5) is 4.79 Å². The molecule has 3 aliphatic carbocycles. The third kappa shape index (κ3) is 7.18. The Bertz CT molecular complexity index is 2080. The number of hydrogen-bond acceptors (Lipinski definition) is 10. The van der Waals surface area contributed by atoms with E-state index in [9.17, 15) is 24.3 Å². The topological polar surface area (TPSA) is 182 Å². The maximum absolute atomic E-state index is 15.1. The summed E-state index contributed by atoms with van der Waals surface area (Å²) in [4.78, 5) is 70.4. The monoisotopic (exact) mass is 836 g/mol. The van der Waals surface area contributed by atoms with E-state index in [1.165, 1.54) is 44.4 Å². The summed E-state index contributed by atoms with van der Waals surface area (Å²) < 4.78 is 30.5. The van der Waals surface area contributed by atoms with Crippen molar-refractivity contribution in [2.45, 2.75) is 109 Å². The molecule has 3 heterocycles. The Morgan fingerprint density at radius 2 is 1.71 bits per heavy atom. The third-order valence-corrected chi connectivity index (χ3v) is 14.0. The van der Waals surface area contributed by atoms with Crippen LogP contribution in [0.1, 0.15) is 100 Å². The van der Waals surface area contributed by atoms with E-state index in [0.717, 1.165) is 23.3 Å². The Kier molecular flexibility index (Phi) is 11.2. The molecule has 2 aromatic carbocycles. The number of nitrogens with zero attached hydrogens (tertiary/aromatic N) is 2. The van der Waals surface area contributed by atoms with Gasteiger partial charge in [-0.2, -0.15) is 0 Å². The van der Waals surface area contributed by atoms with Gasteiger partial charge in [0, 0.05) is 17.7 Å². The second-order valence-corrected chi connectivity index (χ2v) is 18.6. The fourth-order valence-corrected chi connectivity index (χ4v) is 10.7. The average Bonchev–Trinajstić information content (AvgIpc) is 3.81. The molecule has 6 aliphatic rings. The van der Waals surface area contributed by atoms with Gasteiger partial charge in [-0.3, -0.25) is 19.3 Å². The first-order chi connectivity index (χ1) is 27.8. The molecule has 7 atom stereocenters. The normalized spacial score (nSPS) is 26.6. The van der Waals surface area contributed by atoms with Crippen LogP contribution < -0.4 is 24.8 Å². The van der Waals surface area contributed by atoms with E-state index in [1.54, 1.807) is 6.07 Å². The highest BCUT2D eigenvalue weighted by Crippen LogP contribution is 2.66. The van der Waals surface area contributed by atoms with E-state index < -0.39 is 59.8 Å². The van der Waals surface area contributed by atoms with Gasteiger partial charge in [-0.25, -0.2) is 9.59 Å². The summed E-state index contributed by atoms with van der Waals surface area (Å²) in [6.07, 6.45) is 2.81. The number of carbonyl (C=O) groups excluding carboxylic acids is 4. The number of carboxylic acids is 1. The van der Waals surface area contributed by atoms with Crippen LogP contribution in [-0.2, 0) is 35.5 Å². The van der Waals surface area contributed by atoms with Crippen molar-refractivity contribution in [1.29, 1.82) is 0 Å². The van der Waals surface area contributed by atoms with Crippen molar-refractivity contribution in [1.82, 2.24) is 20.4 Å². The van der Waals surface area contributed by atoms with Gasteiger partial charge in [-0.05, 0) is 79.4 Å². The van der Waals surface area contributed by atoms with Crippen molar-refractivity contribution in [2.75, 3.05) is 34.4 Å². The highest BCUT2D eigenvalue weighted by molar-refractivity contribution is 6.48. The lowest BCUT2D eigenvalue weighted by Crippen LogP contribution is -2.65. The molecule has 2 aromatic rings. The molecule has 3 saturated carbocycles. The van der Waals surface area contributed by atoms with Crippen molar-refractivity contribution >= 4 is 48.4 Å². The van der Waals surface area contributed by atoms with Crippen LogP contribution in [0.15, 0.2) is 24.3 Å². The molecule has 0 spiro atoms. The number of halogens is 1. The number of rotatable bonds is 11. The number of benzene rings is 2. The summed E-state index contributed by atoms with van der Waals surface area (Å²) in [6, 6.07) is 3.46. The zero-order chi connectivity index (χ0) is 42.9. The first-order valence-electron chi connectivity index (χ1n) is 20.2. The standard InChI is InChI=1S/C42H54BClN4O11/c1-40(2,3)26-14-12-24(38(52)53)33(56-8)25(26)19-30(43-58-29-18-21-17-28(41(21,4)5)42(29,6)59-43)45-35(49)32(23-13-15-27(55-7)34(57-9)31(23)44)46-39(54)48-20-22-11-10-16-47(22)36(50)37(48)51/h12-15,21-22,28-30,32H,10-11,16-20H2,1-9H3,(H,45,49)(H,46,54)(H,52,53)/t21-,22+,28-,29+,30?,32?,42-/m0/s1. The second kappa shape index (κ2) is 15.5. The summed E-state index contributed by atoms with van der Waals surface area (Å²) in [7, 11) is 3.21. The van der Waals surface area contributed by atoms with E-state index >= 15 is 4.79 Å². The van der Waals surface area contributed by atoms with Crippen LogP contribution in [0, 0.1) is 17.3 Å². The van der Waals surface area contributed by atoms with Crippen molar-refractivity contribution in [3.05, 3.63) is 51.5 Å². The molecule has 2 unspecified atom stereocenters. The van der Waals surface area contributed by atoms with Crippen LogP contribution in [0.3, 0.4) is 0 Å². The molecule has 3 saturated heterocycles. The zero-order valence-corrected chi connectivity index (χ0v) is 35.9. The Hall–Kier alpha value is -4.54. The highest BCUT2D eigenvalue weighted by Gasteiger charge is 2.68. The fourth-order valence-electron chi connectivity index (χ4n) is 10.3. The van der Waals surface area contributed by atoms with Crippen molar-refractivity contribution in [3.8, 4) is 17.2 Å². The Morgan fingerprint density at radius 1 is 1.00 bits per heavy atom. The molecular formula is C42H54BClN4O11. The van der Waals surface area contributed by atoms with Crippen LogP contribution in [0.5, 0.6) is 17.2 Å². The van der Waals surface area contributed by atoms with E-state index in [4.69, 9.17) is 35.1 Å². The molecular weight excluding hydrogens is 783 g/mol. The maximum atomic E-state index is 15.1. The molecule has 0 aromatic heterocycles. The fraction of sp³-hybridized carbons (Fsp3) is 0.595. The number of imide groups is 1. The average molecular weight is 837 g/mol. The van der Waals surface area contributed by atoms with Gasteiger partial charge in [-0.15, -0.1) is 0 Å². The van der Waals surface area contributed by atoms with Gasteiger partial charge in [0.25, 0.3) is 0 Å². The maximum Gasteiger partial charge on any atom is 0.482 e. The van der Waals surface area contributed by atoms with Gasteiger partial charge in [0.2, 0.25) is 5.91 Å². The number of aromatic carboxylic acids is 1. The predicted molar refractivity (Wildman–Crippen MR) is 217 cm³/mol. The molecule has 17 heteroatoms. The number of hydrogen-bond donors (Lipinski definition) is 3. The number of carboxylic acid groups (broad SMARTS) is 1. The predicted octanol–water partition coefficient (Wildman–Crippen LogP) is 4.94. The third-order valence-electron chi connectivity index (χ3n) is 13.6. The van der Waals surface area contributed by atoms with Gasteiger partial charge in [-0.1, -0.05) is 58.4 Å². The molecule has 2 bridgehead atoms. The number of piperazine rings is 1. The molecule has 3 aliphatic heterocycles. The van der Waals surface area contributed by atoms with Crippen molar-refractivity contribution in [2.24, 2.45) is 17.3 Å². The first-order valence-corrected chi connectivity index (χ1v) is 20.5. The van der Waals surface area contributed by atoms with Crippen LogP contribution in [0.25, 0.3) is 0 Å². The van der Waals surface area contributed by atoms with Crippen molar-refractivity contribution in [3.63, 3.8) is 0 Å². The van der Waals surface area contributed by atoms with Gasteiger partial charge in [0.15, 0.2) is 11.5 Å². The number of fused-ring (bicyclic) bond motifs is 1. The molecule has 3 N–H and O–H groups in total. The minimum atomic E-state index is -1.55. The summed E-state index contributed by atoms with van der Waals surface area (Å²) >= 11 is 6.93. The smallest absolute Gasteiger partial charge is 0.482 e. The van der Waals surface area contributed by atoms with Crippen LogP contribution >= 0.6 is 11.6 Å². The summed E-state index contributed by atoms with van der Waals surface area (Å²) in [5.41, 5.74) is 0.222. The van der Waals surface area contributed by atoms with Crippen LogP contribution in [0.2, 0.25) is 5.02 Å². The highest BCUT2D eigenvalue weighted by atomic mass is 35.5. The second-order valence-electron chi connectivity index (χ2n) is 18.2. The molecule has 6 fully saturated rings. The summed E-state index contributed by atoms with van der Waals surface area (Å²) in [6.45, 7) is 12.9.